The third-order valence-electron chi connectivity index (χ3n) is 4.17. The lowest BCUT2D eigenvalue weighted by atomic mass is 10.1. The first-order chi connectivity index (χ1) is 12.4. The number of amides is 2. The number of pyridine rings is 1. The molecule has 136 valence electrons. The van der Waals surface area contributed by atoms with Crippen LogP contribution in [0.3, 0.4) is 0 Å². The number of aliphatic hydroxyl groups is 1. The van der Waals surface area contributed by atoms with Gasteiger partial charge in [0, 0.05) is 41.4 Å². The molecule has 1 fully saturated rings. The summed E-state index contributed by atoms with van der Waals surface area (Å²) in [5.74, 6) is -0.630. The number of hydrogen-bond acceptors (Lipinski definition) is 4. The Hall–Kier alpha value is -1.96. The number of carbonyl (C=O) groups is 2. The third-order valence-corrected chi connectivity index (χ3v) is 4.86. The maximum atomic E-state index is 12.7. The molecule has 2 N–H and O–H groups in total. The van der Waals surface area contributed by atoms with E-state index >= 15 is 0 Å². The Morgan fingerprint density at radius 1 is 1.31 bits per heavy atom. The molecular formula is C18H17BrClN3O3. The average Bonchev–Trinajstić information content (AvgIpc) is 3.02. The Kier molecular flexibility index (Phi) is 5.90. The first-order valence-electron chi connectivity index (χ1n) is 8.06. The first-order valence-corrected chi connectivity index (χ1v) is 9.23. The SMILES string of the molecule is O=C(NCc1ccc(Cl)cc1)[C@@H]1C[C@@H](O)CN1C(=O)c1cncc(Br)c1. The normalized spacial score (nSPS) is 19.4. The number of benzene rings is 1. The van der Waals surface area contributed by atoms with Crippen molar-refractivity contribution in [1.82, 2.24) is 15.2 Å². The number of aromatic nitrogens is 1. The molecule has 2 heterocycles. The topological polar surface area (TPSA) is 82.5 Å². The predicted molar refractivity (Wildman–Crippen MR) is 101 cm³/mol. The Morgan fingerprint density at radius 2 is 2.04 bits per heavy atom. The van der Waals surface area contributed by atoms with Crippen LogP contribution in [0.25, 0.3) is 0 Å². The molecule has 8 heteroatoms. The summed E-state index contributed by atoms with van der Waals surface area (Å²) >= 11 is 9.13. The Labute approximate surface area is 164 Å². The number of likely N-dealkylation sites (tertiary alicyclic amines) is 1. The van der Waals surface area contributed by atoms with Crippen LogP contribution in [0.15, 0.2) is 47.2 Å². The highest BCUT2D eigenvalue weighted by Crippen LogP contribution is 2.22. The van der Waals surface area contributed by atoms with Crippen LogP contribution in [-0.2, 0) is 11.3 Å². The molecule has 1 aliphatic rings. The van der Waals surface area contributed by atoms with E-state index in [2.05, 4.69) is 26.2 Å². The smallest absolute Gasteiger partial charge is 0.256 e. The Bertz CT molecular complexity index is 816. The van der Waals surface area contributed by atoms with Gasteiger partial charge in [-0.05, 0) is 39.7 Å². The fourth-order valence-electron chi connectivity index (χ4n) is 2.89. The highest BCUT2D eigenvalue weighted by Gasteiger charge is 2.39. The summed E-state index contributed by atoms with van der Waals surface area (Å²) in [5, 5.41) is 13.4. The molecule has 0 radical (unpaired) electrons. The van der Waals surface area contributed by atoms with Gasteiger partial charge in [-0.25, -0.2) is 0 Å². The van der Waals surface area contributed by atoms with Crippen LogP contribution >= 0.6 is 27.5 Å². The van der Waals surface area contributed by atoms with Crippen molar-refractivity contribution in [2.24, 2.45) is 0 Å². The van der Waals surface area contributed by atoms with Gasteiger partial charge in [0.2, 0.25) is 5.91 Å². The van der Waals surface area contributed by atoms with Gasteiger partial charge in [-0.3, -0.25) is 14.6 Å². The largest absolute Gasteiger partial charge is 0.391 e. The Morgan fingerprint density at radius 3 is 2.73 bits per heavy atom. The minimum atomic E-state index is -0.731. The molecule has 26 heavy (non-hydrogen) atoms. The molecule has 0 saturated carbocycles. The number of halogens is 2. The maximum absolute atomic E-state index is 12.7. The molecule has 3 rings (SSSR count). The summed E-state index contributed by atoms with van der Waals surface area (Å²) in [4.78, 5) is 30.7. The van der Waals surface area contributed by atoms with E-state index in [1.54, 1.807) is 24.4 Å². The van der Waals surface area contributed by atoms with Gasteiger partial charge in [0.15, 0.2) is 0 Å². The summed E-state index contributed by atoms with van der Waals surface area (Å²) in [6.07, 6.45) is 2.50. The molecule has 1 aliphatic heterocycles. The van der Waals surface area contributed by atoms with Crippen molar-refractivity contribution in [1.29, 1.82) is 0 Å². The van der Waals surface area contributed by atoms with Crippen LogP contribution in [0.4, 0.5) is 0 Å². The lowest BCUT2D eigenvalue weighted by Gasteiger charge is -2.23. The second-order valence-corrected chi connectivity index (χ2v) is 7.45. The van der Waals surface area contributed by atoms with Gasteiger partial charge < -0.3 is 15.3 Å². The number of aliphatic hydroxyl groups excluding tert-OH is 1. The van der Waals surface area contributed by atoms with Crippen molar-refractivity contribution in [3.63, 3.8) is 0 Å². The molecule has 0 spiro atoms. The van der Waals surface area contributed by atoms with Crippen molar-refractivity contribution < 1.29 is 14.7 Å². The molecule has 1 saturated heterocycles. The minimum Gasteiger partial charge on any atom is -0.391 e. The molecule has 1 aromatic heterocycles. The zero-order valence-electron chi connectivity index (χ0n) is 13.7. The van der Waals surface area contributed by atoms with Crippen molar-refractivity contribution in [3.8, 4) is 0 Å². The lowest BCUT2D eigenvalue weighted by molar-refractivity contribution is -0.125. The monoisotopic (exact) mass is 437 g/mol. The van der Waals surface area contributed by atoms with Crippen LogP contribution < -0.4 is 5.32 Å². The van der Waals surface area contributed by atoms with Gasteiger partial charge in [0.1, 0.15) is 6.04 Å². The molecule has 2 aromatic rings. The van der Waals surface area contributed by atoms with Gasteiger partial charge in [-0.1, -0.05) is 23.7 Å². The predicted octanol–water partition coefficient (Wildman–Crippen LogP) is 2.39. The van der Waals surface area contributed by atoms with Crippen molar-refractivity contribution in [2.45, 2.75) is 25.1 Å². The molecule has 2 amide bonds. The first kappa shape index (κ1) is 18.8. The quantitative estimate of drug-likeness (QED) is 0.768. The van der Waals surface area contributed by atoms with Crippen molar-refractivity contribution >= 4 is 39.3 Å². The number of β-amino-alcohol motifs (C(OH)–C–C–N with tert-alkyl or cyclic N) is 1. The van der Waals surface area contributed by atoms with Gasteiger partial charge in [0.25, 0.3) is 5.91 Å². The molecule has 6 nitrogen and oxygen atoms in total. The third kappa shape index (κ3) is 4.41. The fourth-order valence-corrected chi connectivity index (χ4v) is 3.38. The summed E-state index contributed by atoms with van der Waals surface area (Å²) in [7, 11) is 0. The van der Waals surface area contributed by atoms with Crippen molar-refractivity contribution in [3.05, 3.63) is 63.3 Å². The van der Waals surface area contributed by atoms with Crippen LogP contribution in [0.5, 0.6) is 0 Å². The van der Waals surface area contributed by atoms with E-state index in [0.29, 0.717) is 21.6 Å². The van der Waals surface area contributed by atoms with E-state index in [-0.39, 0.29) is 24.8 Å². The fraction of sp³-hybridized carbons (Fsp3) is 0.278. The van der Waals surface area contributed by atoms with E-state index in [1.165, 1.54) is 11.1 Å². The number of nitrogens with zero attached hydrogens (tertiary/aromatic N) is 2. The van der Waals surface area contributed by atoms with E-state index in [0.717, 1.165) is 5.56 Å². The van der Waals surface area contributed by atoms with Crippen LogP contribution in [0.2, 0.25) is 5.02 Å². The van der Waals surface area contributed by atoms with E-state index in [4.69, 9.17) is 11.6 Å². The van der Waals surface area contributed by atoms with Gasteiger partial charge in [0.05, 0.1) is 11.7 Å². The molecule has 2 atom stereocenters. The van der Waals surface area contributed by atoms with E-state index in [9.17, 15) is 14.7 Å². The zero-order valence-corrected chi connectivity index (χ0v) is 16.1. The highest BCUT2D eigenvalue weighted by atomic mass is 79.9. The number of carbonyl (C=O) groups excluding carboxylic acids is 2. The van der Waals surface area contributed by atoms with Gasteiger partial charge in [-0.2, -0.15) is 0 Å². The maximum Gasteiger partial charge on any atom is 0.256 e. The second kappa shape index (κ2) is 8.16. The molecule has 0 aliphatic carbocycles. The second-order valence-electron chi connectivity index (χ2n) is 6.10. The zero-order chi connectivity index (χ0) is 18.7. The molecule has 0 unspecified atom stereocenters. The summed E-state index contributed by atoms with van der Waals surface area (Å²) in [6.45, 7) is 0.438. The van der Waals surface area contributed by atoms with Gasteiger partial charge in [-0.15, -0.1) is 0 Å². The molecule has 1 aromatic carbocycles. The summed E-state index contributed by atoms with van der Waals surface area (Å²) < 4.78 is 0.673. The van der Waals surface area contributed by atoms with Gasteiger partial charge >= 0.3 is 0 Å². The van der Waals surface area contributed by atoms with Crippen LogP contribution in [0.1, 0.15) is 22.3 Å². The Balaban J connectivity index is 1.69. The summed E-state index contributed by atoms with van der Waals surface area (Å²) in [6, 6.07) is 8.06. The minimum absolute atomic E-state index is 0.115. The molecular weight excluding hydrogens is 422 g/mol. The molecule has 0 bridgehead atoms. The van der Waals surface area contributed by atoms with E-state index in [1.807, 2.05) is 12.1 Å². The van der Waals surface area contributed by atoms with Crippen LogP contribution in [-0.4, -0.2) is 45.5 Å². The van der Waals surface area contributed by atoms with Crippen LogP contribution in [0, 0.1) is 0 Å². The number of hydrogen-bond donors (Lipinski definition) is 2. The lowest BCUT2D eigenvalue weighted by Crippen LogP contribution is -2.45. The number of nitrogens with one attached hydrogen (secondary N) is 1. The summed E-state index contributed by atoms with van der Waals surface area (Å²) in [5.41, 5.74) is 1.26. The average molecular weight is 439 g/mol. The van der Waals surface area contributed by atoms with E-state index < -0.39 is 12.1 Å². The highest BCUT2D eigenvalue weighted by molar-refractivity contribution is 9.10. The standard InChI is InChI=1S/C18H17BrClN3O3/c19-13-5-12(8-21-9-13)18(26)23-10-15(24)6-16(23)17(25)22-7-11-1-3-14(20)4-2-11/h1-5,8-9,15-16,24H,6-7,10H2,(H,22,25)/t15-,16+/m1/s1. The number of rotatable bonds is 4. The van der Waals surface area contributed by atoms with Crippen molar-refractivity contribution in [2.75, 3.05) is 6.54 Å².